The van der Waals surface area contributed by atoms with E-state index in [0.29, 0.717) is 37.4 Å². The van der Waals surface area contributed by atoms with Crippen LogP contribution in [0.15, 0.2) is 24.3 Å². The zero-order valence-electron chi connectivity index (χ0n) is 12.5. The number of urea groups is 1. The van der Waals surface area contributed by atoms with E-state index in [9.17, 15) is 9.59 Å². The van der Waals surface area contributed by atoms with E-state index in [4.69, 9.17) is 0 Å². The molecule has 0 spiro atoms. The number of nitrogens with zero attached hydrogens (tertiary/aromatic N) is 4. The molecule has 1 aromatic heterocycles. The van der Waals surface area contributed by atoms with Crippen molar-refractivity contribution in [3.8, 4) is 0 Å². The SMILES string of the molecule is O=C(NCCCc1nn[nH]n1)c1cccc(N2CCNC2=O)c1. The molecule has 1 aliphatic rings. The van der Waals surface area contributed by atoms with Crippen molar-refractivity contribution in [3.05, 3.63) is 35.7 Å². The van der Waals surface area contributed by atoms with Gasteiger partial charge in [-0.25, -0.2) is 4.79 Å². The number of rotatable bonds is 6. The molecular formula is C14H17N7O2. The second-order valence-corrected chi connectivity index (χ2v) is 5.12. The largest absolute Gasteiger partial charge is 0.352 e. The number of nitrogens with one attached hydrogen (secondary N) is 3. The van der Waals surface area contributed by atoms with Crippen LogP contribution in [-0.4, -0.2) is 52.2 Å². The predicted molar refractivity (Wildman–Crippen MR) is 82.0 cm³/mol. The highest BCUT2D eigenvalue weighted by molar-refractivity contribution is 5.98. The molecule has 0 saturated carbocycles. The lowest BCUT2D eigenvalue weighted by molar-refractivity contribution is 0.0953. The van der Waals surface area contributed by atoms with E-state index in [1.807, 2.05) is 6.07 Å². The summed E-state index contributed by atoms with van der Waals surface area (Å²) in [6, 6.07) is 6.90. The van der Waals surface area contributed by atoms with Crippen LogP contribution in [0.2, 0.25) is 0 Å². The molecule has 9 nitrogen and oxygen atoms in total. The van der Waals surface area contributed by atoms with Crippen LogP contribution in [0, 0.1) is 0 Å². The number of aromatic nitrogens is 4. The van der Waals surface area contributed by atoms with Gasteiger partial charge in [-0.3, -0.25) is 9.69 Å². The van der Waals surface area contributed by atoms with Gasteiger partial charge in [0.25, 0.3) is 5.91 Å². The van der Waals surface area contributed by atoms with Crippen molar-refractivity contribution in [1.29, 1.82) is 0 Å². The van der Waals surface area contributed by atoms with E-state index < -0.39 is 0 Å². The number of anilines is 1. The van der Waals surface area contributed by atoms with E-state index in [1.54, 1.807) is 23.1 Å². The molecule has 120 valence electrons. The number of carbonyl (C=O) groups is 2. The van der Waals surface area contributed by atoms with Gasteiger partial charge in [-0.05, 0) is 24.6 Å². The Hall–Kier alpha value is -2.97. The van der Waals surface area contributed by atoms with Crippen LogP contribution < -0.4 is 15.5 Å². The number of benzene rings is 1. The molecule has 0 bridgehead atoms. The summed E-state index contributed by atoms with van der Waals surface area (Å²) in [5, 5.41) is 19.1. The molecule has 0 aliphatic carbocycles. The van der Waals surface area contributed by atoms with Crippen LogP contribution >= 0.6 is 0 Å². The third kappa shape index (κ3) is 3.62. The zero-order valence-corrected chi connectivity index (χ0v) is 12.5. The van der Waals surface area contributed by atoms with Gasteiger partial charge in [-0.2, -0.15) is 5.21 Å². The number of aryl methyl sites for hydroxylation is 1. The molecule has 1 saturated heterocycles. The Balaban J connectivity index is 1.53. The van der Waals surface area contributed by atoms with Gasteiger partial charge in [0.05, 0.1) is 0 Å². The van der Waals surface area contributed by atoms with Crippen LogP contribution in [0.3, 0.4) is 0 Å². The van der Waals surface area contributed by atoms with Crippen molar-refractivity contribution in [2.45, 2.75) is 12.8 Å². The van der Waals surface area contributed by atoms with Gasteiger partial charge in [0.2, 0.25) is 0 Å². The Bertz CT molecular complexity index is 686. The van der Waals surface area contributed by atoms with Crippen molar-refractivity contribution < 1.29 is 9.59 Å². The van der Waals surface area contributed by atoms with E-state index in [-0.39, 0.29) is 11.9 Å². The zero-order chi connectivity index (χ0) is 16.1. The third-order valence-corrected chi connectivity index (χ3v) is 3.53. The number of tetrazole rings is 1. The molecule has 23 heavy (non-hydrogen) atoms. The van der Waals surface area contributed by atoms with Gasteiger partial charge in [0.1, 0.15) is 0 Å². The summed E-state index contributed by atoms with van der Waals surface area (Å²) >= 11 is 0. The lowest BCUT2D eigenvalue weighted by atomic mass is 10.1. The Morgan fingerprint density at radius 1 is 1.39 bits per heavy atom. The van der Waals surface area contributed by atoms with E-state index >= 15 is 0 Å². The minimum Gasteiger partial charge on any atom is -0.352 e. The molecule has 0 atom stereocenters. The summed E-state index contributed by atoms with van der Waals surface area (Å²) < 4.78 is 0. The summed E-state index contributed by atoms with van der Waals surface area (Å²) in [6.45, 7) is 1.74. The highest BCUT2D eigenvalue weighted by Gasteiger charge is 2.21. The van der Waals surface area contributed by atoms with Crippen molar-refractivity contribution in [2.24, 2.45) is 0 Å². The van der Waals surface area contributed by atoms with Crippen molar-refractivity contribution in [3.63, 3.8) is 0 Å². The topological polar surface area (TPSA) is 116 Å². The Morgan fingerprint density at radius 2 is 2.30 bits per heavy atom. The maximum Gasteiger partial charge on any atom is 0.321 e. The van der Waals surface area contributed by atoms with E-state index in [1.165, 1.54) is 0 Å². The molecule has 3 rings (SSSR count). The summed E-state index contributed by atoms with van der Waals surface area (Å²) in [7, 11) is 0. The average molecular weight is 315 g/mol. The highest BCUT2D eigenvalue weighted by atomic mass is 16.2. The summed E-state index contributed by atoms with van der Waals surface area (Å²) in [4.78, 5) is 25.5. The first-order valence-corrected chi connectivity index (χ1v) is 7.40. The molecule has 2 heterocycles. The fourth-order valence-electron chi connectivity index (χ4n) is 2.37. The first kappa shape index (κ1) is 14.9. The van der Waals surface area contributed by atoms with Gasteiger partial charge >= 0.3 is 6.03 Å². The molecular weight excluding hydrogens is 298 g/mol. The molecule has 1 fully saturated rings. The maximum atomic E-state index is 12.2. The molecule has 3 amide bonds. The van der Waals surface area contributed by atoms with Crippen molar-refractivity contribution in [1.82, 2.24) is 31.3 Å². The van der Waals surface area contributed by atoms with Gasteiger partial charge in [0.15, 0.2) is 5.82 Å². The Labute approximate surface area is 132 Å². The number of hydrogen-bond donors (Lipinski definition) is 3. The Kier molecular flexibility index (Phi) is 4.46. The Morgan fingerprint density at radius 3 is 3.04 bits per heavy atom. The quantitative estimate of drug-likeness (QED) is 0.653. The summed E-state index contributed by atoms with van der Waals surface area (Å²) in [5.41, 5.74) is 1.25. The summed E-state index contributed by atoms with van der Waals surface area (Å²) in [5.74, 6) is 0.459. The third-order valence-electron chi connectivity index (χ3n) is 3.53. The van der Waals surface area contributed by atoms with E-state index in [2.05, 4.69) is 31.3 Å². The number of aromatic amines is 1. The van der Waals surface area contributed by atoms with Gasteiger partial charge in [-0.15, -0.1) is 10.2 Å². The standard InChI is InChI=1S/C14H17N7O2/c22-13(15-6-2-5-12-17-19-20-18-12)10-3-1-4-11(9-10)21-8-7-16-14(21)23/h1,3-4,9H,2,5-8H2,(H,15,22)(H,16,23)(H,17,18,19,20). The number of H-pyrrole nitrogens is 1. The fourth-order valence-corrected chi connectivity index (χ4v) is 2.37. The average Bonchev–Trinajstić information content (AvgIpc) is 3.23. The van der Waals surface area contributed by atoms with Crippen LogP contribution in [-0.2, 0) is 6.42 Å². The molecule has 1 aromatic carbocycles. The lowest BCUT2D eigenvalue weighted by Gasteiger charge is -2.15. The minimum absolute atomic E-state index is 0.136. The minimum atomic E-state index is -0.167. The fraction of sp³-hybridized carbons (Fsp3) is 0.357. The van der Waals surface area contributed by atoms with E-state index in [0.717, 1.165) is 12.1 Å². The van der Waals surface area contributed by atoms with Crippen molar-refractivity contribution >= 4 is 17.6 Å². The normalized spacial score (nSPS) is 13.9. The first-order valence-electron chi connectivity index (χ1n) is 7.40. The van der Waals surface area contributed by atoms with Crippen LogP contribution in [0.4, 0.5) is 10.5 Å². The van der Waals surface area contributed by atoms with Crippen LogP contribution in [0.5, 0.6) is 0 Å². The number of hydrogen-bond acceptors (Lipinski definition) is 5. The van der Waals surface area contributed by atoms with Crippen LogP contribution in [0.1, 0.15) is 22.6 Å². The monoisotopic (exact) mass is 315 g/mol. The van der Waals surface area contributed by atoms with Gasteiger partial charge in [0, 0.05) is 37.3 Å². The number of amides is 3. The molecule has 3 N–H and O–H groups in total. The smallest absolute Gasteiger partial charge is 0.321 e. The summed E-state index contributed by atoms with van der Waals surface area (Å²) in [6.07, 6.45) is 1.37. The van der Waals surface area contributed by atoms with Crippen molar-refractivity contribution in [2.75, 3.05) is 24.5 Å². The highest BCUT2D eigenvalue weighted by Crippen LogP contribution is 2.18. The number of carbonyl (C=O) groups excluding carboxylic acids is 2. The molecule has 2 aromatic rings. The second-order valence-electron chi connectivity index (χ2n) is 5.12. The predicted octanol–water partition coefficient (Wildman–Crippen LogP) is 0.0919. The second kappa shape index (κ2) is 6.86. The molecule has 0 radical (unpaired) electrons. The van der Waals surface area contributed by atoms with Crippen LogP contribution in [0.25, 0.3) is 0 Å². The maximum absolute atomic E-state index is 12.2. The first-order chi connectivity index (χ1) is 11.2. The molecule has 0 unspecified atom stereocenters. The van der Waals surface area contributed by atoms with Gasteiger partial charge in [-0.1, -0.05) is 11.3 Å². The molecule has 1 aliphatic heterocycles. The van der Waals surface area contributed by atoms with Gasteiger partial charge < -0.3 is 10.6 Å². The molecule has 9 heteroatoms. The lowest BCUT2D eigenvalue weighted by Crippen LogP contribution is -2.28.